The molecule has 0 radical (unpaired) electrons. The van der Waals surface area contributed by atoms with E-state index < -0.39 is 0 Å². The van der Waals surface area contributed by atoms with Crippen molar-refractivity contribution in [3.05, 3.63) is 0 Å². The first-order valence-electron chi connectivity index (χ1n) is 4.01. The molecular weight excluding hydrogens is 109 g/mol. The van der Waals surface area contributed by atoms with Crippen LogP contribution in [0.15, 0.2) is 0 Å². The van der Waals surface area contributed by atoms with Crippen molar-refractivity contribution >= 4 is 7.85 Å². The third kappa shape index (κ3) is 2.01. The summed E-state index contributed by atoms with van der Waals surface area (Å²) in [7, 11) is 4.52. The summed E-state index contributed by atoms with van der Waals surface area (Å²) >= 11 is 0. The van der Waals surface area contributed by atoms with E-state index in [1.807, 2.05) is 0 Å². The Morgan fingerprint density at radius 2 is 2.44 bits per heavy atom. The van der Waals surface area contributed by atoms with Crippen molar-refractivity contribution < 1.29 is 0 Å². The van der Waals surface area contributed by atoms with Crippen LogP contribution >= 0.6 is 0 Å². The summed E-state index contributed by atoms with van der Waals surface area (Å²) in [6.45, 7) is 2.65. The maximum absolute atomic E-state index is 2.44. The lowest BCUT2D eigenvalue weighted by atomic mass is 9.85. The molecule has 52 valence electrons. The largest absolute Gasteiger partial charge is 0.306 e. The number of likely N-dealkylation sites (tertiary alicyclic amines) is 1. The van der Waals surface area contributed by atoms with Gasteiger partial charge in [0.25, 0.3) is 0 Å². The Morgan fingerprint density at radius 1 is 1.67 bits per heavy atom. The van der Waals surface area contributed by atoms with Crippen LogP contribution in [0.4, 0.5) is 0 Å². The molecule has 1 heterocycles. The molecule has 1 aliphatic rings. The standard InChI is InChI=1S/C7H16BN/c1-9-4-2-3-7(5-8)6-9/h7H,2-6,8H2,1H3/t7-/m1/s1. The van der Waals surface area contributed by atoms with Gasteiger partial charge in [-0.25, -0.2) is 0 Å². The average molecular weight is 125 g/mol. The number of nitrogens with zero attached hydrogens (tertiary/aromatic N) is 1. The van der Waals surface area contributed by atoms with Crippen molar-refractivity contribution in [1.29, 1.82) is 0 Å². The van der Waals surface area contributed by atoms with Crippen LogP contribution in [0.3, 0.4) is 0 Å². The molecule has 9 heavy (non-hydrogen) atoms. The molecule has 1 fully saturated rings. The Hall–Kier alpha value is 0.0249. The zero-order valence-electron chi connectivity index (χ0n) is 6.56. The van der Waals surface area contributed by atoms with Crippen LogP contribution in [-0.4, -0.2) is 32.9 Å². The first-order chi connectivity index (χ1) is 4.33. The minimum absolute atomic E-state index is 0.990. The van der Waals surface area contributed by atoms with E-state index in [0.29, 0.717) is 0 Å². The van der Waals surface area contributed by atoms with Gasteiger partial charge in [-0.05, 0) is 38.9 Å². The minimum atomic E-state index is 0.990. The Kier molecular flexibility index (Phi) is 2.58. The topological polar surface area (TPSA) is 3.24 Å². The molecule has 0 bridgehead atoms. The van der Waals surface area contributed by atoms with Gasteiger partial charge in [0.1, 0.15) is 7.85 Å². The van der Waals surface area contributed by atoms with E-state index in [1.54, 1.807) is 0 Å². The molecule has 0 aromatic heterocycles. The van der Waals surface area contributed by atoms with Gasteiger partial charge in [-0.2, -0.15) is 0 Å². The van der Waals surface area contributed by atoms with Gasteiger partial charge in [-0.1, -0.05) is 6.32 Å². The van der Waals surface area contributed by atoms with E-state index in [2.05, 4.69) is 19.8 Å². The van der Waals surface area contributed by atoms with Crippen molar-refractivity contribution in [2.75, 3.05) is 20.1 Å². The second-order valence-electron chi connectivity index (χ2n) is 3.18. The van der Waals surface area contributed by atoms with Gasteiger partial charge in [0.05, 0.1) is 0 Å². The summed E-state index contributed by atoms with van der Waals surface area (Å²) < 4.78 is 0. The predicted molar refractivity (Wildman–Crippen MR) is 43.6 cm³/mol. The van der Waals surface area contributed by atoms with Crippen LogP contribution in [0.1, 0.15) is 12.8 Å². The van der Waals surface area contributed by atoms with E-state index in [-0.39, 0.29) is 0 Å². The molecule has 0 unspecified atom stereocenters. The molecule has 0 spiro atoms. The van der Waals surface area contributed by atoms with Crippen LogP contribution in [-0.2, 0) is 0 Å². The molecular formula is C7H16BN. The minimum Gasteiger partial charge on any atom is -0.306 e. The Balaban J connectivity index is 2.23. The van der Waals surface area contributed by atoms with Crippen LogP contribution in [0.2, 0.25) is 6.32 Å². The Labute approximate surface area is 58.8 Å². The summed E-state index contributed by atoms with van der Waals surface area (Å²) in [5, 5.41) is 0. The summed E-state index contributed by atoms with van der Waals surface area (Å²) in [6, 6.07) is 0. The lowest BCUT2D eigenvalue weighted by Gasteiger charge is -2.28. The van der Waals surface area contributed by atoms with E-state index in [4.69, 9.17) is 0 Å². The highest BCUT2D eigenvalue weighted by molar-refractivity contribution is 6.08. The lowest BCUT2D eigenvalue weighted by Crippen LogP contribution is -2.31. The van der Waals surface area contributed by atoms with Gasteiger partial charge in [0, 0.05) is 0 Å². The molecule has 0 amide bonds. The molecule has 2 heteroatoms. The van der Waals surface area contributed by atoms with E-state index >= 15 is 0 Å². The average Bonchev–Trinajstić information content (AvgIpc) is 1.88. The summed E-state index contributed by atoms with van der Waals surface area (Å²) in [6.07, 6.45) is 4.24. The molecule has 1 aliphatic heterocycles. The molecule has 1 nitrogen and oxygen atoms in total. The summed E-state index contributed by atoms with van der Waals surface area (Å²) in [5.74, 6) is 0.990. The number of hydrogen-bond donors (Lipinski definition) is 0. The maximum atomic E-state index is 2.44. The van der Waals surface area contributed by atoms with Crippen molar-refractivity contribution in [2.45, 2.75) is 19.2 Å². The highest BCUT2D eigenvalue weighted by Gasteiger charge is 2.13. The van der Waals surface area contributed by atoms with Crippen LogP contribution < -0.4 is 0 Å². The highest BCUT2D eigenvalue weighted by Crippen LogP contribution is 2.16. The number of rotatable bonds is 1. The van der Waals surface area contributed by atoms with Gasteiger partial charge >= 0.3 is 0 Å². The quantitative estimate of drug-likeness (QED) is 0.458. The first kappa shape index (κ1) is 7.14. The van der Waals surface area contributed by atoms with Gasteiger partial charge in [-0.3, -0.25) is 0 Å². The van der Waals surface area contributed by atoms with Crippen molar-refractivity contribution in [3.8, 4) is 0 Å². The second-order valence-corrected chi connectivity index (χ2v) is 3.18. The maximum Gasteiger partial charge on any atom is 0.101 e. The monoisotopic (exact) mass is 125 g/mol. The zero-order chi connectivity index (χ0) is 6.69. The van der Waals surface area contributed by atoms with E-state index in [0.717, 1.165) is 5.92 Å². The molecule has 0 saturated carbocycles. The zero-order valence-corrected chi connectivity index (χ0v) is 6.56. The molecule has 0 N–H and O–H groups in total. The molecule has 0 aromatic carbocycles. The third-order valence-electron chi connectivity index (χ3n) is 2.30. The highest BCUT2D eigenvalue weighted by atomic mass is 15.1. The van der Waals surface area contributed by atoms with Crippen molar-refractivity contribution in [2.24, 2.45) is 5.92 Å². The van der Waals surface area contributed by atoms with Crippen LogP contribution in [0.25, 0.3) is 0 Å². The predicted octanol–water partition coefficient (Wildman–Crippen LogP) is 0.380. The van der Waals surface area contributed by atoms with Crippen LogP contribution in [0, 0.1) is 5.92 Å². The molecule has 0 aliphatic carbocycles. The Bertz CT molecular complexity index is 85.0. The molecule has 1 atom stereocenters. The molecule has 0 aromatic rings. The van der Waals surface area contributed by atoms with Gasteiger partial charge in [-0.15, -0.1) is 0 Å². The number of hydrogen-bond acceptors (Lipinski definition) is 1. The van der Waals surface area contributed by atoms with E-state index in [9.17, 15) is 0 Å². The van der Waals surface area contributed by atoms with Crippen molar-refractivity contribution in [1.82, 2.24) is 4.90 Å². The fraction of sp³-hybridized carbons (Fsp3) is 1.00. The summed E-state index contributed by atoms with van der Waals surface area (Å²) in [4.78, 5) is 2.44. The molecule has 1 saturated heterocycles. The van der Waals surface area contributed by atoms with Gasteiger partial charge in [0.2, 0.25) is 0 Å². The third-order valence-corrected chi connectivity index (χ3v) is 2.30. The number of piperidine rings is 1. The van der Waals surface area contributed by atoms with Crippen molar-refractivity contribution in [3.63, 3.8) is 0 Å². The normalized spacial score (nSPS) is 30.6. The SMILES string of the molecule is BC[C@H]1CCCN(C)C1. The summed E-state index contributed by atoms with van der Waals surface area (Å²) in [5.41, 5.74) is 0. The molecule has 1 rings (SSSR count). The fourth-order valence-corrected chi connectivity index (χ4v) is 1.61. The second kappa shape index (κ2) is 3.26. The van der Waals surface area contributed by atoms with Crippen LogP contribution in [0.5, 0.6) is 0 Å². The van der Waals surface area contributed by atoms with Gasteiger partial charge < -0.3 is 4.90 Å². The lowest BCUT2D eigenvalue weighted by molar-refractivity contribution is 0.222. The van der Waals surface area contributed by atoms with E-state index in [1.165, 1.54) is 32.3 Å². The first-order valence-corrected chi connectivity index (χ1v) is 4.01. The Morgan fingerprint density at radius 3 is 2.89 bits per heavy atom. The smallest absolute Gasteiger partial charge is 0.101 e. The van der Waals surface area contributed by atoms with Gasteiger partial charge in [0.15, 0.2) is 0 Å². The fourth-order valence-electron chi connectivity index (χ4n) is 1.61.